The predicted molar refractivity (Wildman–Crippen MR) is 173 cm³/mol. The smallest absolute Gasteiger partial charge is 0.311 e. The minimum Gasteiger partial charge on any atom is -0.461 e. The minimum atomic E-state index is -0.865. The average molecular weight is 663 g/mol. The summed E-state index contributed by atoms with van der Waals surface area (Å²) in [6.07, 6.45) is 4.47. The van der Waals surface area contributed by atoms with E-state index in [0.717, 1.165) is 25.2 Å². The van der Waals surface area contributed by atoms with Crippen LogP contribution in [-0.2, 0) is 19.1 Å². The molecule has 8 nitrogen and oxygen atoms in total. The summed E-state index contributed by atoms with van der Waals surface area (Å²) in [7, 11) is 0. The van der Waals surface area contributed by atoms with Crippen LogP contribution >= 0.6 is 27.7 Å². The summed E-state index contributed by atoms with van der Waals surface area (Å²) >= 11 is 5.35. The maximum Gasteiger partial charge on any atom is 0.311 e. The number of fused-ring (bicyclic) bond motifs is 1. The number of hydrogen-bond acceptors (Lipinski definition) is 7. The molecule has 0 aliphatic carbocycles. The molecule has 3 fully saturated rings. The maximum atomic E-state index is 14.9. The Hall–Kier alpha value is -2.30. The van der Waals surface area contributed by atoms with E-state index in [1.165, 1.54) is 6.08 Å². The van der Waals surface area contributed by atoms with Gasteiger partial charge >= 0.3 is 5.97 Å². The number of rotatable bonds is 14. The zero-order valence-corrected chi connectivity index (χ0v) is 27.5. The number of carbonyl (C=O) groups is 3. The lowest BCUT2D eigenvalue weighted by atomic mass is 9.71. The number of likely N-dealkylation sites (tertiary alicyclic amines) is 1. The third-order valence-electron chi connectivity index (χ3n) is 9.29. The molecule has 8 atom stereocenters. The highest BCUT2D eigenvalue weighted by atomic mass is 79.9. The number of esters is 1. The fourth-order valence-electron chi connectivity index (χ4n) is 7.06. The van der Waals surface area contributed by atoms with Gasteiger partial charge in [-0.2, -0.15) is 0 Å². The zero-order valence-electron chi connectivity index (χ0n) is 25.1. The number of ether oxygens (including phenoxy) is 1. The minimum absolute atomic E-state index is 0.0566. The van der Waals surface area contributed by atoms with Crippen LogP contribution < -0.4 is 9.80 Å². The van der Waals surface area contributed by atoms with E-state index in [-0.39, 0.29) is 47.6 Å². The van der Waals surface area contributed by atoms with E-state index in [2.05, 4.69) is 47.8 Å². The van der Waals surface area contributed by atoms with Crippen molar-refractivity contribution < 1.29 is 24.2 Å². The number of anilines is 2. The van der Waals surface area contributed by atoms with Crippen molar-refractivity contribution >= 4 is 56.9 Å². The molecule has 1 N–H and O–H groups in total. The Kier molecular flexibility index (Phi) is 10.5. The van der Waals surface area contributed by atoms with Crippen molar-refractivity contribution in [2.24, 2.45) is 17.8 Å². The van der Waals surface area contributed by atoms with Gasteiger partial charge in [0.1, 0.15) is 12.6 Å². The van der Waals surface area contributed by atoms with Gasteiger partial charge in [-0.3, -0.25) is 14.4 Å². The Morgan fingerprint density at radius 3 is 2.38 bits per heavy atom. The molecule has 230 valence electrons. The summed E-state index contributed by atoms with van der Waals surface area (Å²) in [6, 6.07) is 6.46. The van der Waals surface area contributed by atoms with Crippen LogP contribution in [-0.4, -0.2) is 87.5 Å². The van der Waals surface area contributed by atoms with Gasteiger partial charge in [-0.25, -0.2) is 0 Å². The largest absolute Gasteiger partial charge is 0.461 e. The molecular formula is C32H44BrN3O5S. The van der Waals surface area contributed by atoms with E-state index in [1.807, 2.05) is 38.1 Å². The van der Waals surface area contributed by atoms with Crippen molar-refractivity contribution in [3.8, 4) is 0 Å². The lowest BCUT2D eigenvalue weighted by molar-refractivity contribution is -0.153. The number of aliphatic hydroxyl groups excluding tert-OH is 1. The molecular weight excluding hydrogens is 618 g/mol. The van der Waals surface area contributed by atoms with E-state index in [9.17, 15) is 19.5 Å². The van der Waals surface area contributed by atoms with Crippen LogP contribution in [0.25, 0.3) is 0 Å². The summed E-state index contributed by atoms with van der Waals surface area (Å²) in [5, 5.41) is 10.4. The first-order valence-corrected chi connectivity index (χ1v) is 16.7. The van der Waals surface area contributed by atoms with Gasteiger partial charge in [0, 0.05) is 41.1 Å². The number of benzene rings is 1. The molecule has 42 heavy (non-hydrogen) atoms. The maximum absolute atomic E-state index is 14.9. The second-order valence-corrected chi connectivity index (χ2v) is 14.1. The van der Waals surface area contributed by atoms with E-state index < -0.39 is 34.6 Å². The number of amides is 2. The number of alkyl halides is 1. The third-order valence-corrected chi connectivity index (χ3v) is 12.5. The van der Waals surface area contributed by atoms with Crippen molar-refractivity contribution in [1.29, 1.82) is 0 Å². The van der Waals surface area contributed by atoms with Gasteiger partial charge in [0.2, 0.25) is 5.91 Å². The molecule has 3 saturated heterocycles. The summed E-state index contributed by atoms with van der Waals surface area (Å²) in [5.74, 6) is -2.39. The zero-order chi connectivity index (χ0) is 30.8. The first kappa shape index (κ1) is 32.6. The van der Waals surface area contributed by atoms with Crippen LogP contribution in [0.2, 0.25) is 0 Å². The first-order chi connectivity index (χ1) is 20.1. The number of carbonyl (C=O) groups excluding carboxylic acids is 3. The number of aliphatic hydroxyl groups is 1. The topological polar surface area (TPSA) is 90.4 Å². The highest BCUT2D eigenvalue weighted by molar-refractivity contribution is 9.09. The van der Waals surface area contributed by atoms with Crippen molar-refractivity contribution in [3.63, 3.8) is 0 Å². The van der Waals surface area contributed by atoms with E-state index >= 15 is 0 Å². The molecule has 0 aromatic heterocycles. The van der Waals surface area contributed by atoms with Crippen LogP contribution in [0.3, 0.4) is 0 Å². The van der Waals surface area contributed by atoms with Crippen molar-refractivity contribution in [2.75, 3.05) is 42.6 Å². The SMILES string of the molecule is C=CCOC(=O)[C@H]1[C@H]2C(=O)N([C@@H](CO)[C@@H](C)CC)C(C(=O)N(CC=C)c3ccc(N(CC)CC)cc3)C23CC(Br)[C@@H]1S3. The van der Waals surface area contributed by atoms with Crippen LogP contribution in [0, 0.1) is 17.8 Å². The number of thioether (sulfide) groups is 1. The van der Waals surface area contributed by atoms with Crippen molar-refractivity contribution in [2.45, 2.75) is 67.4 Å². The Labute approximate surface area is 262 Å². The fraction of sp³-hybridized carbons (Fsp3) is 0.594. The summed E-state index contributed by atoms with van der Waals surface area (Å²) < 4.78 is 4.66. The fourth-order valence-corrected chi connectivity index (χ4v) is 10.6. The molecule has 2 amide bonds. The summed E-state index contributed by atoms with van der Waals surface area (Å²) in [6.45, 7) is 17.6. The van der Waals surface area contributed by atoms with Gasteiger partial charge in [-0.15, -0.1) is 18.3 Å². The number of nitrogens with zero attached hydrogens (tertiary/aromatic N) is 3. The Bertz CT molecular complexity index is 1180. The molecule has 3 heterocycles. The molecule has 3 aliphatic heterocycles. The highest BCUT2D eigenvalue weighted by Gasteiger charge is 2.76. The van der Waals surface area contributed by atoms with Gasteiger partial charge in [0.15, 0.2) is 0 Å². The standard InChI is InChI=1S/C32H44BrN3O5S/c1-7-16-35(22-14-12-21(13-15-22)34(10-4)11-5)30(39)28-32-18-23(33)27(42-32)25(31(40)41-17-8-2)26(32)29(38)36(28)24(19-37)20(6)9-3/h7-8,12-15,20,23-28,37H,1-2,9-11,16-19H2,3-6H3/t20-,23?,24-,25-,26-,27-,28?,32?/m0/s1. The lowest BCUT2D eigenvalue weighted by Gasteiger charge is -2.41. The summed E-state index contributed by atoms with van der Waals surface area (Å²) in [5.41, 5.74) is 1.78. The predicted octanol–water partition coefficient (Wildman–Crippen LogP) is 4.65. The monoisotopic (exact) mass is 661 g/mol. The quantitative estimate of drug-likeness (QED) is 0.176. The second-order valence-electron chi connectivity index (χ2n) is 11.4. The van der Waals surface area contributed by atoms with Gasteiger partial charge < -0.3 is 24.5 Å². The van der Waals surface area contributed by atoms with Gasteiger partial charge in [-0.1, -0.05) is 54.9 Å². The molecule has 0 radical (unpaired) electrons. The van der Waals surface area contributed by atoms with Crippen molar-refractivity contribution in [3.05, 3.63) is 49.6 Å². The molecule has 0 saturated carbocycles. The van der Waals surface area contributed by atoms with Crippen LogP contribution in [0.4, 0.5) is 11.4 Å². The molecule has 1 aromatic rings. The molecule has 2 bridgehead atoms. The Balaban J connectivity index is 1.82. The number of hydrogen-bond donors (Lipinski definition) is 1. The van der Waals surface area contributed by atoms with E-state index in [4.69, 9.17) is 4.74 Å². The van der Waals surface area contributed by atoms with Crippen LogP contribution in [0.15, 0.2) is 49.6 Å². The van der Waals surface area contributed by atoms with Gasteiger partial charge in [0.05, 0.1) is 29.2 Å². The van der Waals surface area contributed by atoms with E-state index in [0.29, 0.717) is 12.1 Å². The normalized spacial score (nSPS) is 29.1. The Morgan fingerprint density at radius 2 is 1.83 bits per heavy atom. The van der Waals surface area contributed by atoms with Gasteiger partial charge in [0.25, 0.3) is 5.91 Å². The van der Waals surface area contributed by atoms with Crippen LogP contribution in [0.1, 0.15) is 40.5 Å². The first-order valence-electron chi connectivity index (χ1n) is 14.9. The molecule has 1 spiro atoms. The molecule has 3 unspecified atom stereocenters. The van der Waals surface area contributed by atoms with E-state index in [1.54, 1.807) is 27.6 Å². The highest BCUT2D eigenvalue weighted by Crippen LogP contribution is 2.68. The van der Waals surface area contributed by atoms with Gasteiger partial charge in [-0.05, 0) is 50.5 Å². The van der Waals surface area contributed by atoms with Crippen molar-refractivity contribution in [1.82, 2.24) is 4.90 Å². The number of halogens is 1. The molecule has 10 heteroatoms. The average Bonchev–Trinajstić information content (AvgIpc) is 3.59. The molecule has 1 aromatic carbocycles. The third kappa shape index (κ3) is 5.43. The molecule has 3 aliphatic rings. The summed E-state index contributed by atoms with van der Waals surface area (Å²) in [4.78, 5) is 48.2. The Morgan fingerprint density at radius 1 is 1.19 bits per heavy atom. The lowest BCUT2D eigenvalue weighted by Crippen LogP contribution is -2.59. The molecule has 4 rings (SSSR count). The van der Waals surface area contributed by atoms with Crippen LogP contribution in [0.5, 0.6) is 0 Å². The second kappa shape index (κ2) is 13.6.